The van der Waals surface area contributed by atoms with Crippen LogP contribution in [0.3, 0.4) is 0 Å². The molecule has 0 radical (unpaired) electrons. The maximum absolute atomic E-state index is 11.7. The van der Waals surface area contributed by atoms with Crippen LogP contribution in [0.4, 0.5) is 5.69 Å². The fourth-order valence-electron chi connectivity index (χ4n) is 1.24. The first-order valence-corrected chi connectivity index (χ1v) is 7.37. The molecule has 0 aliphatic carbocycles. The average molecular weight is 307 g/mol. The van der Waals surface area contributed by atoms with E-state index in [1.54, 1.807) is 0 Å². The van der Waals surface area contributed by atoms with Gasteiger partial charge in [-0.15, -0.1) is 0 Å². The summed E-state index contributed by atoms with van der Waals surface area (Å²) in [5, 5.41) is 9.21. The topological polar surface area (TPSA) is 95.5 Å². The Bertz CT molecular complexity index is 572. The van der Waals surface area contributed by atoms with Crippen molar-refractivity contribution >= 4 is 33.5 Å². The summed E-state index contributed by atoms with van der Waals surface area (Å²) >= 11 is 5.68. The summed E-state index contributed by atoms with van der Waals surface area (Å²) in [6, 6.07) is 3.90. The largest absolute Gasteiger partial charge is 0.478 e. The lowest BCUT2D eigenvalue weighted by Gasteiger charge is -2.12. The van der Waals surface area contributed by atoms with E-state index >= 15 is 0 Å². The molecule has 0 amide bonds. The van der Waals surface area contributed by atoms with E-state index in [1.807, 2.05) is 13.8 Å². The fraction of sp³-hybridized carbons (Fsp3) is 0.364. The SMILES string of the molecule is CC(C)CNS(=O)(=O)Nc1ccc(Cl)cc1C(=O)O. The van der Waals surface area contributed by atoms with E-state index < -0.39 is 16.2 Å². The minimum atomic E-state index is -3.80. The third-order valence-electron chi connectivity index (χ3n) is 2.14. The van der Waals surface area contributed by atoms with E-state index in [0.29, 0.717) is 0 Å². The zero-order valence-electron chi connectivity index (χ0n) is 10.5. The molecule has 1 rings (SSSR count). The lowest BCUT2D eigenvalue weighted by molar-refractivity contribution is 0.0698. The first kappa shape index (κ1) is 15.7. The van der Waals surface area contributed by atoms with Gasteiger partial charge in [-0.25, -0.2) is 4.79 Å². The molecule has 0 aromatic heterocycles. The quantitative estimate of drug-likeness (QED) is 0.748. The number of hydrogen-bond acceptors (Lipinski definition) is 3. The summed E-state index contributed by atoms with van der Waals surface area (Å²) in [7, 11) is -3.80. The number of carboxylic acids is 1. The van der Waals surface area contributed by atoms with Crippen molar-refractivity contribution in [3.63, 3.8) is 0 Å². The van der Waals surface area contributed by atoms with Crippen LogP contribution in [0.15, 0.2) is 18.2 Å². The molecule has 0 aliphatic rings. The number of benzene rings is 1. The zero-order chi connectivity index (χ0) is 14.6. The first-order chi connectivity index (χ1) is 8.71. The average Bonchev–Trinajstić information content (AvgIpc) is 2.28. The number of hydrogen-bond donors (Lipinski definition) is 3. The minimum Gasteiger partial charge on any atom is -0.478 e. The van der Waals surface area contributed by atoms with Gasteiger partial charge in [0.05, 0.1) is 11.3 Å². The number of aromatic carboxylic acids is 1. The minimum absolute atomic E-state index is 0.0341. The predicted octanol–water partition coefficient (Wildman–Crippen LogP) is 1.94. The third kappa shape index (κ3) is 5.06. The Morgan fingerprint density at radius 3 is 2.58 bits per heavy atom. The molecule has 8 heteroatoms. The monoisotopic (exact) mass is 306 g/mol. The molecule has 1 aromatic rings. The van der Waals surface area contributed by atoms with Crippen LogP contribution in [0, 0.1) is 5.92 Å². The molecule has 0 saturated carbocycles. The number of nitrogens with one attached hydrogen (secondary N) is 2. The van der Waals surface area contributed by atoms with E-state index in [-0.39, 0.29) is 28.7 Å². The zero-order valence-corrected chi connectivity index (χ0v) is 12.0. The highest BCUT2D eigenvalue weighted by atomic mass is 35.5. The molecular weight excluding hydrogens is 292 g/mol. The molecule has 106 valence electrons. The smallest absolute Gasteiger partial charge is 0.337 e. The number of rotatable bonds is 6. The van der Waals surface area contributed by atoms with Gasteiger partial charge in [0, 0.05) is 11.6 Å². The summed E-state index contributed by atoms with van der Waals surface area (Å²) in [5.41, 5.74) is -0.240. The summed E-state index contributed by atoms with van der Waals surface area (Å²) in [4.78, 5) is 11.0. The molecule has 0 bridgehead atoms. The molecule has 0 aliphatic heterocycles. The lowest BCUT2D eigenvalue weighted by Crippen LogP contribution is -2.33. The highest BCUT2D eigenvalue weighted by molar-refractivity contribution is 7.90. The number of anilines is 1. The summed E-state index contributed by atoms with van der Waals surface area (Å²) in [5.74, 6) is -1.12. The van der Waals surface area contributed by atoms with Gasteiger partial charge < -0.3 is 5.11 Å². The summed E-state index contributed by atoms with van der Waals surface area (Å²) in [6.45, 7) is 3.96. The molecular formula is C11H15ClN2O4S. The van der Waals surface area contributed by atoms with Crippen LogP contribution >= 0.6 is 11.6 Å². The van der Waals surface area contributed by atoms with Gasteiger partial charge in [-0.3, -0.25) is 4.72 Å². The number of halogens is 1. The number of carboxylic acid groups (broad SMARTS) is 1. The van der Waals surface area contributed by atoms with Crippen molar-refractivity contribution in [1.29, 1.82) is 0 Å². The Morgan fingerprint density at radius 1 is 1.42 bits per heavy atom. The van der Waals surface area contributed by atoms with Gasteiger partial charge in [-0.1, -0.05) is 25.4 Å². The van der Waals surface area contributed by atoms with Gasteiger partial charge in [-0.2, -0.15) is 13.1 Å². The summed E-state index contributed by atoms with van der Waals surface area (Å²) < 4.78 is 27.9. The van der Waals surface area contributed by atoms with Gasteiger partial charge >= 0.3 is 5.97 Å². The van der Waals surface area contributed by atoms with Crippen molar-refractivity contribution in [1.82, 2.24) is 4.72 Å². The Labute approximate surface area is 117 Å². The number of carbonyl (C=O) groups is 1. The second kappa shape index (κ2) is 6.23. The van der Waals surface area contributed by atoms with E-state index in [1.165, 1.54) is 18.2 Å². The maximum Gasteiger partial charge on any atom is 0.337 e. The van der Waals surface area contributed by atoms with Crippen molar-refractivity contribution in [2.24, 2.45) is 5.92 Å². The van der Waals surface area contributed by atoms with Gasteiger partial charge in [0.2, 0.25) is 0 Å². The highest BCUT2D eigenvalue weighted by Crippen LogP contribution is 2.21. The second-order valence-electron chi connectivity index (χ2n) is 4.34. The van der Waals surface area contributed by atoms with Gasteiger partial charge in [0.1, 0.15) is 0 Å². The summed E-state index contributed by atoms with van der Waals surface area (Å²) in [6.07, 6.45) is 0. The molecule has 0 spiro atoms. The molecule has 19 heavy (non-hydrogen) atoms. The van der Waals surface area contributed by atoms with E-state index in [9.17, 15) is 13.2 Å². The van der Waals surface area contributed by atoms with Gasteiger partial charge in [0.15, 0.2) is 0 Å². The van der Waals surface area contributed by atoms with Gasteiger partial charge in [-0.05, 0) is 24.1 Å². The van der Waals surface area contributed by atoms with E-state index in [2.05, 4.69) is 9.44 Å². The van der Waals surface area contributed by atoms with Crippen LogP contribution in [0.2, 0.25) is 5.02 Å². The van der Waals surface area contributed by atoms with Crippen LogP contribution < -0.4 is 9.44 Å². The van der Waals surface area contributed by atoms with Gasteiger partial charge in [0.25, 0.3) is 10.2 Å². The van der Waals surface area contributed by atoms with Crippen LogP contribution in [-0.4, -0.2) is 26.0 Å². The van der Waals surface area contributed by atoms with E-state index in [0.717, 1.165) is 0 Å². The fourth-order valence-corrected chi connectivity index (χ4v) is 2.50. The Morgan fingerprint density at radius 2 is 2.05 bits per heavy atom. The van der Waals surface area contributed by atoms with Crippen LogP contribution in [0.25, 0.3) is 0 Å². The first-order valence-electron chi connectivity index (χ1n) is 5.51. The predicted molar refractivity (Wildman–Crippen MR) is 73.8 cm³/mol. The molecule has 0 saturated heterocycles. The Kier molecular flexibility index (Phi) is 5.16. The standard InChI is InChI=1S/C11H15ClN2O4S/c1-7(2)6-13-19(17,18)14-10-4-3-8(12)5-9(10)11(15)16/h3-5,7,13-14H,6H2,1-2H3,(H,15,16). The third-order valence-corrected chi connectivity index (χ3v) is 3.41. The molecule has 1 aromatic carbocycles. The Balaban J connectivity index is 2.96. The van der Waals surface area contributed by atoms with Crippen molar-refractivity contribution in [3.8, 4) is 0 Å². The van der Waals surface area contributed by atoms with Crippen LogP contribution in [0.5, 0.6) is 0 Å². The molecule has 3 N–H and O–H groups in total. The normalized spacial score (nSPS) is 11.6. The lowest BCUT2D eigenvalue weighted by atomic mass is 10.2. The van der Waals surface area contributed by atoms with Crippen molar-refractivity contribution in [3.05, 3.63) is 28.8 Å². The van der Waals surface area contributed by atoms with Crippen LogP contribution in [0.1, 0.15) is 24.2 Å². The van der Waals surface area contributed by atoms with Crippen LogP contribution in [-0.2, 0) is 10.2 Å². The Hall–Kier alpha value is -1.31. The van der Waals surface area contributed by atoms with Crippen molar-refractivity contribution in [2.45, 2.75) is 13.8 Å². The van der Waals surface area contributed by atoms with E-state index in [4.69, 9.17) is 16.7 Å². The molecule has 0 unspecified atom stereocenters. The maximum atomic E-state index is 11.7. The second-order valence-corrected chi connectivity index (χ2v) is 6.28. The highest BCUT2D eigenvalue weighted by Gasteiger charge is 2.16. The molecule has 0 fully saturated rings. The molecule has 6 nitrogen and oxygen atoms in total. The van der Waals surface area contributed by atoms with Crippen molar-refractivity contribution < 1.29 is 18.3 Å². The van der Waals surface area contributed by atoms with Crippen molar-refractivity contribution in [2.75, 3.05) is 11.3 Å². The molecule has 0 heterocycles. The molecule has 0 atom stereocenters.